The SMILES string of the molecule is CCNC(=NCCN(C)CCCOC)NCCc1ccc(OC(C)C)cc1.I. The third-order valence-electron chi connectivity index (χ3n) is 3.99. The Morgan fingerprint density at radius 2 is 1.86 bits per heavy atom. The highest BCUT2D eigenvalue weighted by atomic mass is 127. The monoisotopic (exact) mass is 506 g/mol. The first-order valence-corrected chi connectivity index (χ1v) is 10.0. The fourth-order valence-electron chi connectivity index (χ4n) is 2.60. The molecule has 0 atom stereocenters. The second-order valence-electron chi connectivity index (χ2n) is 6.90. The van der Waals surface area contributed by atoms with Crippen molar-refractivity contribution < 1.29 is 9.47 Å². The molecule has 0 aromatic heterocycles. The molecule has 1 aromatic carbocycles. The van der Waals surface area contributed by atoms with Crippen molar-refractivity contribution in [2.45, 2.75) is 39.7 Å². The van der Waals surface area contributed by atoms with E-state index in [1.165, 1.54) is 5.56 Å². The maximum Gasteiger partial charge on any atom is 0.191 e. The van der Waals surface area contributed by atoms with Gasteiger partial charge in [0.2, 0.25) is 0 Å². The zero-order valence-corrected chi connectivity index (χ0v) is 20.5. The van der Waals surface area contributed by atoms with Crippen LogP contribution < -0.4 is 15.4 Å². The Morgan fingerprint density at radius 3 is 2.46 bits per heavy atom. The van der Waals surface area contributed by atoms with Gasteiger partial charge in [0, 0.05) is 39.9 Å². The molecule has 162 valence electrons. The lowest BCUT2D eigenvalue weighted by Gasteiger charge is -2.16. The molecular formula is C21H39IN4O2. The molecule has 0 fully saturated rings. The summed E-state index contributed by atoms with van der Waals surface area (Å²) in [6, 6.07) is 8.32. The van der Waals surface area contributed by atoms with Gasteiger partial charge in [0.1, 0.15) is 5.75 Å². The summed E-state index contributed by atoms with van der Waals surface area (Å²) < 4.78 is 10.8. The van der Waals surface area contributed by atoms with E-state index in [2.05, 4.69) is 46.6 Å². The highest BCUT2D eigenvalue weighted by molar-refractivity contribution is 14.0. The summed E-state index contributed by atoms with van der Waals surface area (Å²) in [7, 11) is 3.87. The maximum absolute atomic E-state index is 5.68. The van der Waals surface area contributed by atoms with Crippen molar-refractivity contribution in [1.29, 1.82) is 0 Å². The molecule has 0 aliphatic carbocycles. The van der Waals surface area contributed by atoms with Gasteiger partial charge in [0.25, 0.3) is 0 Å². The zero-order chi connectivity index (χ0) is 19.9. The summed E-state index contributed by atoms with van der Waals surface area (Å²) >= 11 is 0. The van der Waals surface area contributed by atoms with Crippen molar-refractivity contribution in [3.05, 3.63) is 29.8 Å². The molecule has 0 saturated carbocycles. The third kappa shape index (κ3) is 13.2. The molecule has 28 heavy (non-hydrogen) atoms. The Balaban J connectivity index is 0.00000729. The first kappa shape index (κ1) is 26.9. The standard InChI is InChI=1S/C21H38N4O2.HI/c1-6-22-21(24-14-16-25(4)15-7-17-26-5)23-13-12-19-8-10-20(11-9-19)27-18(2)3;/h8-11,18H,6-7,12-17H2,1-5H3,(H2,22,23,24);1H. The summed E-state index contributed by atoms with van der Waals surface area (Å²) in [6.45, 7) is 11.4. The van der Waals surface area contributed by atoms with E-state index >= 15 is 0 Å². The molecule has 0 heterocycles. The molecule has 1 aromatic rings. The van der Waals surface area contributed by atoms with Crippen LogP contribution >= 0.6 is 24.0 Å². The van der Waals surface area contributed by atoms with Crippen LogP contribution in [0.15, 0.2) is 29.3 Å². The van der Waals surface area contributed by atoms with Crippen molar-refractivity contribution in [3.63, 3.8) is 0 Å². The first-order chi connectivity index (χ1) is 13.0. The van der Waals surface area contributed by atoms with E-state index in [0.717, 1.165) is 63.9 Å². The fourth-order valence-corrected chi connectivity index (χ4v) is 2.60. The summed E-state index contributed by atoms with van der Waals surface area (Å²) in [5.41, 5.74) is 1.28. The van der Waals surface area contributed by atoms with Crippen LogP contribution in [0.25, 0.3) is 0 Å². The smallest absolute Gasteiger partial charge is 0.191 e. The van der Waals surface area contributed by atoms with Crippen LogP contribution in [0.2, 0.25) is 0 Å². The van der Waals surface area contributed by atoms with E-state index in [9.17, 15) is 0 Å². The molecule has 7 heteroatoms. The molecule has 0 aliphatic rings. The maximum atomic E-state index is 5.68. The number of aliphatic imine (C=N–C) groups is 1. The number of benzene rings is 1. The van der Waals surface area contributed by atoms with E-state index in [4.69, 9.17) is 9.47 Å². The summed E-state index contributed by atoms with van der Waals surface area (Å²) in [4.78, 5) is 6.95. The summed E-state index contributed by atoms with van der Waals surface area (Å²) in [5.74, 6) is 1.80. The molecule has 1 rings (SSSR count). The van der Waals surface area contributed by atoms with E-state index in [1.54, 1.807) is 7.11 Å². The third-order valence-corrected chi connectivity index (χ3v) is 3.99. The van der Waals surface area contributed by atoms with Crippen LogP contribution in [-0.4, -0.2) is 70.5 Å². The average Bonchev–Trinajstić information content (AvgIpc) is 2.63. The van der Waals surface area contributed by atoms with Crippen LogP contribution in [0, 0.1) is 0 Å². The Hall–Kier alpha value is -1.06. The number of hydrogen-bond donors (Lipinski definition) is 2. The molecular weight excluding hydrogens is 467 g/mol. The molecule has 2 N–H and O–H groups in total. The predicted octanol–water partition coefficient (Wildman–Crippen LogP) is 3.16. The number of halogens is 1. The number of likely N-dealkylation sites (N-methyl/N-ethyl adjacent to an activating group) is 1. The van der Waals surface area contributed by atoms with Gasteiger partial charge in [0.15, 0.2) is 5.96 Å². The van der Waals surface area contributed by atoms with Crippen molar-refractivity contribution in [3.8, 4) is 5.75 Å². The lowest BCUT2D eigenvalue weighted by Crippen LogP contribution is -2.39. The van der Waals surface area contributed by atoms with Gasteiger partial charge in [-0.25, -0.2) is 0 Å². The molecule has 6 nitrogen and oxygen atoms in total. The number of rotatable bonds is 13. The lowest BCUT2D eigenvalue weighted by molar-refractivity contribution is 0.180. The number of methoxy groups -OCH3 is 1. The van der Waals surface area contributed by atoms with Gasteiger partial charge in [-0.3, -0.25) is 4.99 Å². The minimum atomic E-state index is 0. The molecule has 0 unspecified atom stereocenters. The van der Waals surface area contributed by atoms with Gasteiger partial charge in [-0.15, -0.1) is 24.0 Å². The average molecular weight is 506 g/mol. The molecule has 0 saturated heterocycles. The van der Waals surface area contributed by atoms with Crippen molar-refractivity contribution in [1.82, 2.24) is 15.5 Å². The summed E-state index contributed by atoms with van der Waals surface area (Å²) in [5, 5.41) is 6.72. The van der Waals surface area contributed by atoms with Crippen molar-refractivity contribution >= 4 is 29.9 Å². The first-order valence-electron chi connectivity index (χ1n) is 10.0. The van der Waals surface area contributed by atoms with E-state index in [0.29, 0.717) is 0 Å². The Labute approximate surface area is 188 Å². The predicted molar refractivity (Wildman–Crippen MR) is 129 cm³/mol. The Kier molecular flexibility index (Phi) is 16.2. The summed E-state index contributed by atoms with van der Waals surface area (Å²) in [6.07, 6.45) is 2.20. The largest absolute Gasteiger partial charge is 0.491 e. The van der Waals surface area contributed by atoms with Gasteiger partial charge in [-0.1, -0.05) is 12.1 Å². The van der Waals surface area contributed by atoms with Gasteiger partial charge in [0.05, 0.1) is 12.6 Å². The quantitative estimate of drug-likeness (QED) is 0.186. The number of ether oxygens (including phenoxy) is 2. The van der Waals surface area contributed by atoms with Crippen LogP contribution in [0.3, 0.4) is 0 Å². The topological polar surface area (TPSA) is 58.1 Å². The minimum Gasteiger partial charge on any atom is -0.491 e. The zero-order valence-electron chi connectivity index (χ0n) is 18.2. The number of nitrogens with zero attached hydrogens (tertiary/aromatic N) is 2. The molecule has 0 aliphatic heterocycles. The molecule has 0 spiro atoms. The number of nitrogens with one attached hydrogen (secondary N) is 2. The van der Waals surface area contributed by atoms with E-state index in [-0.39, 0.29) is 30.1 Å². The van der Waals surface area contributed by atoms with Crippen LogP contribution in [-0.2, 0) is 11.2 Å². The number of guanidine groups is 1. The minimum absolute atomic E-state index is 0. The van der Waals surface area contributed by atoms with Crippen molar-refractivity contribution in [2.75, 3.05) is 53.5 Å². The normalized spacial score (nSPS) is 11.5. The highest BCUT2D eigenvalue weighted by Gasteiger charge is 2.01. The second kappa shape index (κ2) is 16.9. The van der Waals surface area contributed by atoms with Crippen molar-refractivity contribution in [2.24, 2.45) is 4.99 Å². The number of hydrogen-bond acceptors (Lipinski definition) is 4. The van der Waals surface area contributed by atoms with Gasteiger partial charge in [-0.05, 0) is 58.4 Å². The molecule has 0 amide bonds. The van der Waals surface area contributed by atoms with Crippen LogP contribution in [0.1, 0.15) is 32.8 Å². The van der Waals surface area contributed by atoms with Crippen LogP contribution in [0.4, 0.5) is 0 Å². The van der Waals surface area contributed by atoms with Crippen LogP contribution in [0.5, 0.6) is 5.75 Å². The lowest BCUT2D eigenvalue weighted by atomic mass is 10.1. The van der Waals surface area contributed by atoms with Gasteiger partial charge >= 0.3 is 0 Å². The van der Waals surface area contributed by atoms with Gasteiger partial charge < -0.3 is 25.0 Å². The molecule has 0 bridgehead atoms. The highest BCUT2D eigenvalue weighted by Crippen LogP contribution is 2.13. The molecule has 0 radical (unpaired) electrons. The Morgan fingerprint density at radius 1 is 1.14 bits per heavy atom. The second-order valence-corrected chi connectivity index (χ2v) is 6.90. The fraction of sp³-hybridized carbons (Fsp3) is 0.667. The Bertz CT molecular complexity index is 524. The van der Waals surface area contributed by atoms with E-state index in [1.807, 2.05) is 26.0 Å². The van der Waals surface area contributed by atoms with Gasteiger partial charge in [-0.2, -0.15) is 0 Å². The van der Waals surface area contributed by atoms with E-state index < -0.39 is 0 Å².